The van der Waals surface area contributed by atoms with Gasteiger partial charge >= 0.3 is 5.29 Å². The smallest absolute Gasteiger partial charge is 0.248 e. The zero-order chi connectivity index (χ0) is 7.56. The highest BCUT2D eigenvalue weighted by atomic mass is 35.5. The molecule has 0 unspecified atom stereocenters. The molecule has 3 heteroatoms. The molecule has 0 saturated carbocycles. The molecule has 1 aliphatic heterocycles. The maximum atomic E-state index is 6.01. The second-order valence-electron chi connectivity index (χ2n) is 2.43. The van der Waals surface area contributed by atoms with E-state index in [1.54, 1.807) is 0 Å². The number of nitrogens with zero attached hydrogens (tertiary/aromatic N) is 2. The summed E-state index contributed by atoms with van der Waals surface area (Å²) in [4.78, 5) is 2.19. The van der Waals surface area contributed by atoms with Crippen LogP contribution >= 0.6 is 11.6 Å². The fourth-order valence-electron chi connectivity index (χ4n) is 1.20. The molecule has 0 fully saturated rings. The van der Waals surface area contributed by atoms with Crippen LogP contribution in [0.5, 0.6) is 0 Å². The van der Waals surface area contributed by atoms with Gasteiger partial charge in [-0.15, -0.1) is 0 Å². The first kappa shape index (κ1) is 7.86. The predicted octanol–water partition coefficient (Wildman–Crippen LogP) is 0.949. The van der Waals surface area contributed by atoms with Crippen molar-refractivity contribution in [1.82, 2.24) is 4.90 Å². The Bertz CT molecular complexity index is 154. The Kier molecular flexibility index (Phi) is 2.55. The van der Waals surface area contributed by atoms with Crippen LogP contribution in [0.3, 0.4) is 0 Å². The third-order valence-electron chi connectivity index (χ3n) is 1.93. The van der Waals surface area contributed by atoms with Crippen molar-refractivity contribution in [2.45, 2.75) is 13.8 Å². The van der Waals surface area contributed by atoms with Gasteiger partial charge in [0.05, 0.1) is 13.1 Å². The Morgan fingerprint density at radius 3 is 2.60 bits per heavy atom. The first-order chi connectivity index (χ1) is 4.79. The van der Waals surface area contributed by atoms with Crippen molar-refractivity contribution in [3.8, 4) is 0 Å². The average molecular weight is 162 g/mol. The molecule has 0 aromatic carbocycles. The van der Waals surface area contributed by atoms with E-state index in [0.717, 1.165) is 31.5 Å². The van der Waals surface area contributed by atoms with E-state index in [0.29, 0.717) is 0 Å². The second-order valence-corrected chi connectivity index (χ2v) is 2.77. The molecule has 2 nitrogen and oxygen atoms in total. The molecule has 1 aliphatic rings. The number of amidine groups is 1. The molecular formula is C7H14ClN2+. The van der Waals surface area contributed by atoms with Crippen molar-refractivity contribution in [1.29, 1.82) is 0 Å². The summed E-state index contributed by atoms with van der Waals surface area (Å²) in [7, 11) is 0. The molecule has 0 saturated heterocycles. The third-order valence-corrected chi connectivity index (χ3v) is 2.40. The number of halogens is 1. The first-order valence-corrected chi connectivity index (χ1v) is 4.19. The summed E-state index contributed by atoms with van der Waals surface area (Å²) in [5.41, 5.74) is 0. The highest BCUT2D eigenvalue weighted by molar-refractivity contribution is 6.63. The van der Waals surface area contributed by atoms with Gasteiger partial charge in [0.25, 0.3) is 0 Å². The SMILES string of the molecule is CCN1CC[N+](CC)=C1Cl. The van der Waals surface area contributed by atoms with E-state index in [2.05, 4.69) is 23.3 Å². The monoisotopic (exact) mass is 161 g/mol. The molecule has 1 rings (SSSR count). The molecule has 0 atom stereocenters. The molecule has 58 valence electrons. The summed E-state index contributed by atoms with van der Waals surface area (Å²) in [5, 5.41) is 0.921. The molecule has 0 bridgehead atoms. The van der Waals surface area contributed by atoms with Gasteiger partial charge in [0, 0.05) is 11.6 Å². The van der Waals surface area contributed by atoms with E-state index in [-0.39, 0.29) is 0 Å². The quantitative estimate of drug-likeness (QED) is 0.432. The van der Waals surface area contributed by atoms with E-state index in [1.165, 1.54) is 0 Å². The molecule has 0 aromatic heterocycles. The van der Waals surface area contributed by atoms with Crippen molar-refractivity contribution in [3.63, 3.8) is 0 Å². The molecule has 1 heterocycles. The van der Waals surface area contributed by atoms with Gasteiger partial charge in [0.1, 0.15) is 13.1 Å². The van der Waals surface area contributed by atoms with Crippen LogP contribution in [0.2, 0.25) is 0 Å². The molecule has 0 aromatic rings. The Balaban J connectivity index is 2.63. The molecule has 0 amide bonds. The first-order valence-electron chi connectivity index (χ1n) is 3.82. The maximum Gasteiger partial charge on any atom is 0.345 e. The number of rotatable bonds is 2. The summed E-state index contributed by atoms with van der Waals surface area (Å²) in [6.45, 7) is 8.47. The van der Waals surface area contributed by atoms with Crippen LogP contribution in [0.4, 0.5) is 0 Å². The Labute approximate surface area is 67.1 Å². The Hall–Kier alpha value is -0.240. The Morgan fingerprint density at radius 1 is 1.60 bits per heavy atom. The van der Waals surface area contributed by atoms with Crippen molar-refractivity contribution in [2.24, 2.45) is 0 Å². The average Bonchev–Trinajstić information content (AvgIpc) is 2.30. The number of likely N-dealkylation sites (N-methyl/N-ethyl adjacent to an activating group) is 2. The van der Waals surface area contributed by atoms with Gasteiger partial charge in [-0.25, -0.2) is 9.48 Å². The van der Waals surface area contributed by atoms with Gasteiger partial charge in [-0.3, -0.25) is 0 Å². The van der Waals surface area contributed by atoms with Gasteiger partial charge < -0.3 is 0 Å². The second kappa shape index (κ2) is 3.24. The van der Waals surface area contributed by atoms with Crippen LogP contribution in [0, 0.1) is 0 Å². The highest BCUT2D eigenvalue weighted by Gasteiger charge is 2.25. The van der Waals surface area contributed by atoms with E-state index >= 15 is 0 Å². The summed E-state index contributed by atoms with van der Waals surface area (Å²) in [6, 6.07) is 0. The van der Waals surface area contributed by atoms with E-state index < -0.39 is 0 Å². The van der Waals surface area contributed by atoms with Crippen LogP contribution in [0.15, 0.2) is 0 Å². The minimum Gasteiger partial charge on any atom is -0.248 e. The summed E-state index contributed by atoms with van der Waals surface area (Å²) in [6.07, 6.45) is 0. The van der Waals surface area contributed by atoms with Gasteiger partial charge in [-0.2, -0.15) is 0 Å². The number of hydrogen-bond donors (Lipinski definition) is 0. The third kappa shape index (κ3) is 1.26. The van der Waals surface area contributed by atoms with Crippen LogP contribution < -0.4 is 0 Å². The normalized spacial score (nSPS) is 18.9. The summed E-state index contributed by atoms with van der Waals surface area (Å²) in [5.74, 6) is 0. The van der Waals surface area contributed by atoms with Crippen molar-refractivity contribution in [3.05, 3.63) is 0 Å². The van der Waals surface area contributed by atoms with Gasteiger partial charge in [0.2, 0.25) is 0 Å². The largest absolute Gasteiger partial charge is 0.345 e. The van der Waals surface area contributed by atoms with Gasteiger partial charge in [-0.1, -0.05) is 0 Å². The van der Waals surface area contributed by atoms with E-state index in [9.17, 15) is 0 Å². The van der Waals surface area contributed by atoms with Gasteiger partial charge in [0.15, 0.2) is 0 Å². The lowest BCUT2D eigenvalue weighted by molar-refractivity contribution is -0.512. The molecule has 10 heavy (non-hydrogen) atoms. The lowest BCUT2D eigenvalue weighted by atomic mass is 10.5. The molecule has 0 radical (unpaired) electrons. The van der Waals surface area contributed by atoms with Crippen LogP contribution in [0.1, 0.15) is 13.8 Å². The van der Waals surface area contributed by atoms with Crippen molar-refractivity contribution in [2.75, 3.05) is 26.2 Å². The van der Waals surface area contributed by atoms with Crippen LogP contribution in [0.25, 0.3) is 0 Å². The summed E-state index contributed by atoms with van der Waals surface area (Å²) >= 11 is 6.01. The highest BCUT2D eigenvalue weighted by Crippen LogP contribution is 2.03. The fourth-order valence-corrected chi connectivity index (χ4v) is 1.61. The maximum absolute atomic E-state index is 6.01. The lowest BCUT2D eigenvalue weighted by Crippen LogP contribution is -2.24. The molecule has 0 spiro atoms. The minimum absolute atomic E-state index is 0.921. The van der Waals surface area contributed by atoms with E-state index in [4.69, 9.17) is 11.6 Å². The topological polar surface area (TPSA) is 6.25 Å². The minimum atomic E-state index is 0.921. The lowest BCUT2D eigenvalue weighted by Gasteiger charge is -2.03. The molecular weight excluding hydrogens is 148 g/mol. The van der Waals surface area contributed by atoms with Crippen LogP contribution in [-0.2, 0) is 0 Å². The van der Waals surface area contributed by atoms with Crippen molar-refractivity contribution >= 4 is 16.9 Å². The van der Waals surface area contributed by atoms with Crippen molar-refractivity contribution < 1.29 is 4.58 Å². The summed E-state index contributed by atoms with van der Waals surface area (Å²) < 4.78 is 2.19. The molecule has 0 N–H and O–H groups in total. The van der Waals surface area contributed by atoms with Gasteiger partial charge in [-0.05, 0) is 13.8 Å². The number of hydrogen-bond acceptors (Lipinski definition) is 1. The standard InChI is InChI=1S/C7H14ClN2/c1-3-9-5-6-10(4-2)7(9)8/h3-6H2,1-2H3/q+1. The van der Waals surface area contributed by atoms with Crippen LogP contribution in [-0.4, -0.2) is 40.9 Å². The zero-order valence-corrected chi connectivity index (χ0v) is 7.36. The fraction of sp³-hybridized carbons (Fsp3) is 0.857. The zero-order valence-electron chi connectivity index (χ0n) is 6.60. The molecule has 0 aliphatic carbocycles. The van der Waals surface area contributed by atoms with E-state index in [1.807, 2.05) is 0 Å². The predicted molar refractivity (Wildman–Crippen MR) is 43.8 cm³/mol. The Morgan fingerprint density at radius 2 is 2.30 bits per heavy atom.